The van der Waals surface area contributed by atoms with Crippen LogP contribution in [0.2, 0.25) is 0 Å². The van der Waals surface area contributed by atoms with Crippen LogP contribution in [0.1, 0.15) is 63.6 Å². The van der Waals surface area contributed by atoms with Crippen LogP contribution in [0.4, 0.5) is 0 Å². The highest BCUT2D eigenvalue weighted by Crippen LogP contribution is 2.41. The molecule has 1 N–H and O–H groups in total. The van der Waals surface area contributed by atoms with Crippen LogP contribution >= 0.6 is 0 Å². The molecule has 0 saturated heterocycles. The van der Waals surface area contributed by atoms with Gasteiger partial charge in [-0.1, -0.05) is 38.1 Å². The van der Waals surface area contributed by atoms with Gasteiger partial charge in [0.25, 0.3) is 0 Å². The quantitative estimate of drug-likeness (QED) is 0.906. The van der Waals surface area contributed by atoms with Crippen molar-refractivity contribution in [3.8, 4) is 0 Å². The zero-order valence-electron chi connectivity index (χ0n) is 13.5. The van der Waals surface area contributed by atoms with Crippen molar-refractivity contribution in [1.82, 2.24) is 5.32 Å². The van der Waals surface area contributed by atoms with Crippen molar-refractivity contribution in [3.05, 3.63) is 35.4 Å². The smallest absolute Gasteiger partial charge is 0.157 e. The molecule has 0 amide bonds. The Kier molecular flexibility index (Phi) is 5.10. The summed E-state index contributed by atoms with van der Waals surface area (Å²) in [6.45, 7) is 8.67. The van der Waals surface area contributed by atoms with E-state index in [1.54, 1.807) is 13.8 Å². The number of benzene rings is 1. The first-order valence-corrected chi connectivity index (χ1v) is 9.55. The highest BCUT2D eigenvalue weighted by atomic mass is 32.2. The topological polar surface area (TPSA) is 46.2 Å². The lowest BCUT2D eigenvalue weighted by atomic mass is 9.80. The molecule has 3 atom stereocenters. The van der Waals surface area contributed by atoms with Crippen LogP contribution in [0.3, 0.4) is 0 Å². The summed E-state index contributed by atoms with van der Waals surface area (Å²) >= 11 is 0. The number of rotatable bonds is 5. The lowest BCUT2D eigenvalue weighted by molar-refractivity contribution is 0.422. The van der Waals surface area contributed by atoms with Crippen LogP contribution in [0.5, 0.6) is 0 Å². The lowest BCUT2D eigenvalue weighted by Gasteiger charge is -2.38. The molecule has 3 nitrogen and oxygen atoms in total. The molecular formula is C17H27NO2S. The highest BCUT2D eigenvalue weighted by Gasteiger charge is 2.41. The van der Waals surface area contributed by atoms with Gasteiger partial charge in [0.1, 0.15) is 0 Å². The van der Waals surface area contributed by atoms with Crippen molar-refractivity contribution in [2.45, 2.75) is 63.0 Å². The van der Waals surface area contributed by atoms with Gasteiger partial charge in [-0.15, -0.1) is 0 Å². The second-order valence-corrected chi connectivity index (χ2v) is 9.10. The molecule has 1 aromatic rings. The first kappa shape index (κ1) is 16.5. The van der Waals surface area contributed by atoms with E-state index in [0.29, 0.717) is 12.3 Å². The zero-order valence-corrected chi connectivity index (χ0v) is 14.3. The van der Waals surface area contributed by atoms with E-state index in [-0.39, 0.29) is 16.5 Å². The summed E-state index contributed by atoms with van der Waals surface area (Å²) in [4.78, 5) is 0. The normalized spacial score (nSPS) is 25.9. The minimum atomic E-state index is -3.12. The van der Waals surface area contributed by atoms with Gasteiger partial charge in [-0.2, -0.15) is 0 Å². The first-order valence-electron chi connectivity index (χ1n) is 7.94. The van der Waals surface area contributed by atoms with E-state index in [4.69, 9.17) is 0 Å². The van der Waals surface area contributed by atoms with E-state index < -0.39 is 9.84 Å². The van der Waals surface area contributed by atoms with Gasteiger partial charge in [-0.3, -0.25) is 0 Å². The van der Waals surface area contributed by atoms with E-state index in [9.17, 15) is 8.42 Å². The van der Waals surface area contributed by atoms with Gasteiger partial charge in [0.05, 0.1) is 10.5 Å². The molecule has 3 unspecified atom stereocenters. The Bertz CT molecular complexity index is 580. The molecule has 4 heteroatoms. The number of hydrogen-bond acceptors (Lipinski definition) is 3. The summed E-state index contributed by atoms with van der Waals surface area (Å²) in [5, 5.41) is 2.83. The molecule has 0 saturated carbocycles. The average Bonchev–Trinajstić information content (AvgIpc) is 2.46. The Morgan fingerprint density at radius 1 is 1.24 bits per heavy atom. The standard InChI is InChI=1S/C17H27NO2S/c1-5-10-18-17-15-9-7-6-8-14(15)13(4)11-16(17)21(19,20)12(2)3/h6-9,12-13,16-18H,5,10-11H2,1-4H3. The number of hydrogen-bond donors (Lipinski definition) is 1. The number of nitrogens with one attached hydrogen (secondary N) is 1. The van der Waals surface area contributed by atoms with Gasteiger partial charge in [0.15, 0.2) is 9.84 Å². The van der Waals surface area contributed by atoms with Crippen LogP contribution in [0.25, 0.3) is 0 Å². The fourth-order valence-electron chi connectivity index (χ4n) is 3.27. The van der Waals surface area contributed by atoms with E-state index in [0.717, 1.165) is 13.0 Å². The minimum absolute atomic E-state index is 0.0789. The van der Waals surface area contributed by atoms with E-state index in [2.05, 4.69) is 31.3 Å². The highest BCUT2D eigenvalue weighted by molar-refractivity contribution is 7.92. The second-order valence-electron chi connectivity index (χ2n) is 6.37. The van der Waals surface area contributed by atoms with Crippen molar-refractivity contribution in [1.29, 1.82) is 0 Å². The fraction of sp³-hybridized carbons (Fsp3) is 0.647. The Labute approximate surface area is 129 Å². The molecule has 0 heterocycles. The summed E-state index contributed by atoms with van der Waals surface area (Å²) in [6.07, 6.45) is 1.71. The van der Waals surface area contributed by atoms with Crippen LogP contribution in [0.15, 0.2) is 24.3 Å². The number of sulfone groups is 1. The lowest BCUT2D eigenvalue weighted by Crippen LogP contribution is -2.44. The maximum Gasteiger partial charge on any atom is 0.157 e. The maximum absolute atomic E-state index is 12.8. The molecule has 21 heavy (non-hydrogen) atoms. The fourth-order valence-corrected chi connectivity index (χ4v) is 5.15. The molecule has 1 aromatic carbocycles. The molecule has 0 bridgehead atoms. The minimum Gasteiger partial charge on any atom is -0.309 e. The summed E-state index contributed by atoms with van der Waals surface area (Å²) in [5.41, 5.74) is 2.46. The Morgan fingerprint density at radius 3 is 2.43 bits per heavy atom. The SMILES string of the molecule is CCCNC1c2ccccc2C(C)CC1S(=O)(=O)C(C)C. The monoisotopic (exact) mass is 309 g/mol. The molecule has 0 aromatic heterocycles. The zero-order chi connectivity index (χ0) is 15.6. The van der Waals surface area contributed by atoms with Gasteiger partial charge in [0.2, 0.25) is 0 Å². The molecular weight excluding hydrogens is 282 g/mol. The maximum atomic E-state index is 12.8. The molecule has 1 aliphatic rings. The molecule has 2 rings (SSSR count). The molecule has 118 valence electrons. The van der Waals surface area contributed by atoms with E-state index in [1.807, 2.05) is 12.1 Å². The Hall–Kier alpha value is -0.870. The predicted octanol–water partition coefficient (Wildman–Crippen LogP) is 3.43. The number of fused-ring (bicyclic) bond motifs is 1. The largest absolute Gasteiger partial charge is 0.309 e. The van der Waals surface area contributed by atoms with E-state index in [1.165, 1.54) is 11.1 Å². The Balaban J connectivity index is 2.47. The molecule has 1 aliphatic carbocycles. The molecule has 0 fully saturated rings. The van der Waals surface area contributed by atoms with Crippen LogP contribution < -0.4 is 5.32 Å². The summed E-state index contributed by atoms with van der Waals surface area (Å²) in [6, 6.07) is 8.20. The third-order valence-electron chi connectivity index (χ3n) is 4.51. The first-order chi connectivity index (χ1) is 9.89. The molecule has 0 aliphatic heterocycles. The van der Waals surface area contributed by atoms with Crippen LogP contribution in [-0.2, 0) is 9.84 Å². The van der Waals surface area contributed by atoms with Crippen LogP contribution in [0, 0.1) is 0 Å². The van der Waals surface area contributed by atoms with Crippen molar-refractivity contribution in [2.24, 2.45) is 0 Å². The van der Waals surface area contributed by atoms with Crippen molar-refractivity contribution >= 4 is 9.84 Å². The van der Waals surface area contributed by atoms with Gasteiger partial charge in [-0.05, 0) is 50.3 Å². The van der Waals surface area contributed by atoms with Crippen molar-refractivity contribution in [2.75, 3.05) is 6.54 Å². The van der Waals surface area contributed by atoms with Gasteiger partial charge >= 0.3 is 0 Å². The van der Waals surface area contributed by atoms with Crippen molar-refractivity contribution in [3.63, 3.8) is 0 Å². The molecule has 0 spiro atoms. The third kappa shape index (κ3) is 3.16. The van der Waals surface area contributed by atoms with Gasteiger partial charge in [0, 0.05) is 6.04 Å². The average molecular weight is 309 g/mol. The van der Waals surface area contributed by atoms with Crippen molar-refractivity contribution < 1.29 is 8.42 Å². The van der Waals surface area contributed by atoms with E-state index >= 15 is 0 Å². The third-order valence-corrected chi connectivity index (χ3v) is 7.14. The Morgan fingerprint density at radius 2 is 1.86 bits per heavy atom. The second kappa shape index (κ2) is 6.49. The molecule has 0 radical (unpaired) electrons. The van der Waals surface area contributed by atoms with Gasteiger partial charge < -0.3 is 5.32 Å². The predicted molar refractivity (Wildman–Crippen MR) is 88.4 cm³/mol. The summed E-state index contributed by atoms with van der Waals surface area (Å²) in [5.74, 6) is 0.291. The van der Waals surface area contributed by atoms with Gasteiger partial charge in [-0.25, -0.2) is 8.42 Å². The van der Waals surface area contributed by atoms with Crippen LogP contribution in [-0.4, -0.2) is 25.5 Å². The summed E-state index contributed by atoms with van der Waals surface area (Å²) in [7, 11) is -3.12. The summed E-state index contributed by atoms with van der Waals surface area (Å²) < 4.78 is 25.5.